The molecule has 0 spiro atoms. The van der Waals surface area contributed by atoms with E-state index in [1.54, 1.807) is 7.11 Å². The van der Waals surface area contributed by atoms with Crippen molar-refractivity contribution in [2.45, 2.75) is 51.7 Å². The zero-order chi connectivity index (χ0) is 19.1. The summed E-state index contributed by atoms with van der Waals surface area (Å²) in [5.74, 6) is 2.29. The standard InChI is InChI=1S/C22H27NO4/c1-13-4-8-17(18(10-13)26-3)22-14(2)11-19(27-22)21(25)15-5-6-16-7-9-20(24)23(16)12-15/h4,8,10-11,15-16,21,25H,5-7,9,12H2,1-3H3/t15-,16+,21?/m1/s1. The molecule has 0 radical (unpaired) electrons. The van der Waals surface area contributed by atoms with E-state index >= 15 is 0 Å². The third-order valence-corrected chi connectivity index (χ3v) is 6.03. The number of aliphatic hydroxyl groups is 1. The average molecular weight is 369 g/mol. The minimum absolute atomic E-state index is 0.0154. The van der Waals surface area contributed by atoms with Crippen LogP contribution in [0.4, 0.5) is 0 Å². The number of methoxy groups -OCH3 is 1. The second-order valence-electron chi connectivity index (χ2n) is 7.89. The fourth-order valence-corrected chi connectivity index (χ4v) is 4.49. The van der Waals surface area contributed by atoms with Crippen molar-refractivity contribution in [2.75, 3.05) is 13.7 Å². The number of ether oxygens (including phenoxy) is 1. The van der Waals surface area contributed by atoms with Gasteiger partial charge in [0.15, 0.2) is 0 Å². The molecule has 2 aromatic rings. The lowest BCUT2D eigenvalue weighted by Gasteiger charge is -2.36. The summed E-state index contributed by atoms with van der Waals surface area (Å²) in [6.07, 6.45) is 2.77. The topological polar surface area (TPSA) is 62.9 Å². The molecule has 1 unspecified atom stereocenters. The molecule has 1 aromatic carbocycles. The van der Waals surface area contributed by atoms with Crippen molar-refractivity contribution in [3.63, 3.8) is 0 Å². The second-order valence-corrected chi connectivity index (χ2v) is 7.89. The summed E-state index contributed by atoms with van der Waals surface area (Å²) in [6, 6.07) is 8.28. The highest BCUT2D eigenvalue weighted by Gasteiger charge is 2.39. The van der Waals surface area contributed by atoms with Crippen LogP contribution in [0.5, 0.6) is 5.75 Å². The Balaban J connectivity index is 1.59. The number of piperidine rings is 1. The summed E-state index contributed by atoms with van der Waals surface area (Å²) >= 11 is 0. The van der Waals surface area contributed by atoms with Gasteiger partial charge in [0.05, 0.1) is 12.7 Å². The van der Waals surface area contributed by atoms with E-state index in [-0.39, 0.29) is 11.8 Å². The molecule has 27 heavy (non-hydrogen) atoms. The van der Waals surface area contributed by atoms with Crippen LogP contribution < -0.4 is 4.74 Å². The van der Waals surface area contributed by atoms with Crippen molar-refractivity contribution in [2.24, 2.45) is 5.92 Å². The molecular weight excluding hydrogens is 342 g/mol. The molecule has 2 saturated heterocycles. The van der Waals surface area contributed by atoms with Crippen LogP contribution in [0.2, 0.25) is 0 Å². The van der Waals surface area contributed by atoms with Gasteiger partial charge in [0.2, 0.25) is 5.91 Å². The zero-order valence-electron chi connectivity index (χ0n) is 16.2. The monoisotopic (exact) mass is 369 g/mol. The highest BCUT2D eigenvalue weighted by Crippen LogP contribution is 2.40. The third-order valence-electron chi connectivity index (χ3n) is 6.03. The first-order valence-corrected chi connectivity index (χ1v) is 9.70. The van der Waals surface area contributed by atoms with E-state index in [2.05, 4.69) is 0 Å². The predicted octanol–water partition coefficient (Wildman–Crippen LogP) is 4.01. The molecule has 1 N–H and O–H groups in total. The fraction of sp³-hybridized carbons (Fsp3) is 0.500. The molecule has 2 aliphatic rings. The highest BCUT2D eigenvalue weighted by atomic mass is 16.5. The molecule has 5 nitrogen and oxygen atoms in total. The third kappa shape index (κ3) is 3.25. The molecule has 3 heterocycles. The van der Waals surface area contributed by atoms with Crippen molar-refractivity contribution in [1.82, 2.24) is 4.90 Å². The summed E-state index contributed by atoms with van der Waals surface area (Å²) in [5, 5.41) is 10.9. The SMILES string of the molecule is COc1cc(C)ccc1-c1oc(C(O)[C@@H]2CC[C@H]3CCC(=O)N3C2)cc1C. The van der Waals surface area contributed by atoms with Crippen molar-refractivity contribution >= 4 is 5.91 Å². The van der Waals surface area contributed by atoms with E-state index in [1.165, 1.54) is 0 Å². The Bertz CT molecular complexity index is 856. The van der Waals surface area contributed by atoms with Gasteiger partial charge in [-0.3, -0.25) is 4.79 Å². The summed E-state index contributed by atoms with van der Waals surface area (Å²) in [6.45, 7) is 4.62. The zero-order valence-corrected chi connectivity index (χ0v) is 16.2. The lowest BCUT2D eigenvalue weighted by atomic mass is 9.88. The number of benzene rings is 1. The van der Waals surface area contributed by atoms with Crippen molar-refractivity contribution < 1.29 is 19.1 Å². The minimum Gasteiger partial charge on any atom is -0.496 e. The van der Waals surface area contributed by atoms with E-state index in [0.29, 0.717) is 24.8 Å². The van der Waals surface area contributed by atoms with Crippen LogP contribution in [0, 0.1) is 19.8 Å². The van der Waals surface area contributed by atoms with E-state index in [0.717, 1.165) is 47.5 Å². The van der Waals surface area contributed by atoms with Crippen LogP contribution in [-0.4, -0.2) is 35.6 Å². The van der Waals surface area contributed by atoms with Gasteiger partial charge in [-0.1, -0.05) is 6.07 Å². The van der Waals surface area contributed by atoms with Crippen LogP contribution >= 0.6 is 0 Å². The van der Waals surface area contributed by atoms with Crippen LogP contribution in [0.25, 0.3) is 11.3 Å². The minimum atomic E-state index is -0.705. The summed E-state index contributed by atoms with van der Waals surface area (Å²) in [4.78, 5) is 14.0. The number of nitrogens with zero attached hydrogens (tertiary/aromatic N) is 1. The van der Waals surface area contributed by atoms with E-state index in [1.807, 2.05) is 43.0 Å². The Morgan fingerprint density at radius 1 is 1.22 bits per heavy atom. The fourth-order valence-electron chi connectivity index (χ4n) is 4.49. The average Bonchev–Trinajstić information content (AvgIpc) is 3.24. The Morgan fingerprint density at radius 3 is 2.81 bits per heavy atom. The normalized spacial score (nSPS) is 23.4. The maximum Gasteiger partial charge on any atom is 0.222 e. The maximum atomic E-state index is 12.1. The first-order chi connectivity index (χ1) is 13.0. The number of carbonyl (C=O) groups excluding carboxylic acids is 1. The number of carbonyl (C=O) groups is 1. The number of amides is 1. The van der Waals surface area contributed by atoms with Gasteiger partial charge in [-0.2, -0.15) is 0 Å². The Labute approximate surface area is 159 Å². The Morgan fingerprint density at radius 2 is 2.04 bits per heavy atom. The Kier molecular flexibility index (Phi) is 4.72. The van der Waals surface area contributed by atoms with Crippen molar-refractivity contribution in [3.05, 3.63) is 41.2 Å². The molecular formula is C22H27NO4. The van der Waals surface area contributed by atoms with Gasteiger partial charge in [-0.15, -0.1) is 0 Å². The highest BCUT2D eigenvalue weighted by molar-refractivity contribution is 5.79. The van der Waals surface area contributed by atoms with Gasteiger partial charge in [-0.25, -0.2) is 0 Å². The Hall–Kier alpha value is -2.27. The molecule has 144 valence electrons. The first kappa shape index (κ1) is 18.1. The summed E-state index contributed by atoms with van der Waals surface area (Å²) in [5.41, 5.74) is 2.97. The van der Waals surface area contributed by atoms with Gasteiger partial charge < -0.3 is 19.2 Å². The molecule has 1 amide bonds. The van der Waals surface area contributed by atoms with Gasteiger partial charge in [0, 0.05) is 24.9 Å². The quantitative estimate of drug-likeness (QED) is 0.885. The molecule has 4 rings (SSSR count). The van der Waals surface area contributed by atoms with Gasteiger partial charge in [0.1, 0.15) is 23.4 Å². The van der Waals surface area contributed by atoms with Crippen LogP contribution in [0.3, 0.4) is 0 Å². The predicted molar refractivity (Wildman–Crippen MR) is 103 cm³/mol. The van der Waals surface area contributed by atoms with Crippen molar-refractivity contribution in [3.8, 4) is 17.1 Å². The van der Waals surface area contributed by atoms with Gasteiger partial charge in [0.25, 0.3) is 0 Å². The maximum absolute atomic E-state index is 12.1. The number of hydrogen-bond acceptors (Lipinski definition) is 4. The number of fused-ring (bicyclic) bond motifs is 1. The first-order valence-electron chi connectivity index (χ1n) is 9.70. The molecule has 2 aliphatic heterocycles. The summed E-state index contributed by atoms with van der Waals surface area (Å²) < 4.78 is 11.6. The second kappa shape index (κ2) is 7.04. The molecule has 5 heteroatoms. The lowest BCUT2D eigenvalue weighted by Crippen LogP contribution is -2.43. The lowest BCUT2D eigenvalue weighted by molar-refractivity contribution is -0.131. The van der Waals surface area contributed by atoms with E-state index in [9.17, 15) is 9.90 Å². The molecule has 0 saturated carbocycles. The van der Waals surface area contributed by atoms with Crippen LogP contribution in [0.15, 0.2) is 28.7 Å². The van der Waals surface area contributed by atoms with E-state index in [4.69, 9.17) is 9.15 Å². The number of aryl methyl sites for hydroxylation is 2. The molecule has 3 atom stereocenters. The number of rotatable bonds is 4. The molecule has 2 fully saturated rings. The number of aliphatic hydroxyl groups excluding tert-OH is 1. The van der Waals surface area contributed by atoms with Gasteiger partial charge >= 0.3 is 0 Å². The largest absolute Gasteiger partial charge is 0.496 e. The van der Waals surface area contributed by atoms with Crippen molar-refractivity contribution in [1.29, 1.82) is 0 Å². The van der Waals surface area contributed by atoms with E-state index < -0.39 is 6.10 Å². The molecule has 0 bridgehead atoms. The number of furan rings is 1. The number of hydrogen-bond donors (Lipinski definition) is 1. The molecule has 0 aliphatic carbocycles. The summed E-state index contributed by atoms with van der Waals surface area (Å²) in [7, 11) is 1.65. The van der Waals surface area contributed by atoms with Gasteiger partial charge in [-0.05, 0) is 62.4 Å². The van der Waals surface area contributed by atoms with Crippen LogP contribution in [-0.2, 0) is 4.79 Å². The molecule has 1 aromatic heterocycles. The smallest absolute Gasteiger partial charge is 0.222 e. The van der Waals surface area contributed by atoms with Crippen LogP contribution in [0.1, 0.15) is 48.7 Å².